The summed E-state index contributed by atoms with van der Waals surface area (Å²) < 4.78 is 53.2. The van der Waals surface area contributed by atoms with Gasteiger partial charge in [0.15, 0.2) is 0 Å². The van der Waals surface area contributed by atoms with Gasteiger partial charge in [0.05, 0.1) is 71.2 Å². The zero-order valence-electron chi connectivity index (χ0n) is 36.3. The van der Waals surface area contributed by atoms with Crippen LogP contribution in [-0.4, -0.2) is 142 Å². The fourth-order valence-corrected chi connectivity index (χ4v) is 7.41. The summed E-state index contributed by atoms with van der Waals surface area (Å²) in [6.07, 6.45) is 2.35. The Balaban J connectivity index is 1.56. The van der Waals surface area contributed by atoms with E-state index in [0.29, 0.717) is 71.2 Å². The van der Waals surface area contributed by atoms with Crippen LogP contribution in [0.4, 0.5) is 8.78 Å². The first kappa shape index (κ1) is 51.9. The number of ether oxygens (including phenoxy) is 4. The summed E-state index contributed by atoms with van der Waals surface area (Å²) in [5, 5.41) is 18.2. The van der Waals surface area contributed by atoms with E-state index in [1.54, 1.807) is 11.1 Å². The highest BCUT2D eigenvalue weighted by Gasteiger charge is 2.37. The van der Waals surface area contributed by atoms with Crippen molar-refractivity contribution in [2.24, 2.45) is 11.1 Å². The molecule has 3 aromatic rings. The number of carbonyl (C=O) groups is 4. The van der Waals surface area contributed by atoms with Gasteiger partial charge < -0.3 is 55.2 Å². The maximum atomic E-state index is 15.2. The van der Waals surface area contributed by atoms with E-state index in [9.17, 15) is 28.7 Å². The number of amides is 3. The maximum Gasteiger partial charge on any atom is 0.327 e. The zero-order valence-corrected chi connectivity index (χ0v) is 37.1. The van der Waals surface area contributed by atoms with Gasteiger partial charge in [-0.1, -0.05) is 51.1 Å². The Bertz CT molecular complexity index is 1810. The number of carboxylic acid groups (broad SMARTS) is 1. The smallest absolute Gasteiger partial charge is 0.327 e. The minimum absolute atomic E-state index is 0.0549. The number of hydrogen-bond donors (Lipinski definition) is 5. The molecule has 2 unspecified atom stereocenters. The Morgan fingerprint density at radius 1 is 0.871 bits per heavy atom. The minimum atomic E-state index is -1.24. The molecule has 0 spiro atoms. The topological polar surface area (TPSA) is 196 Å². The third kappa shape index (κ3) is 18.9. The van der Waals surface area contributed by atoms with Gasteiger partial charge in [0.2, 0.25) is 17.7 Å². The molecule has 1 heterocycles. The van der Waals surface area contributed by atoms with Crippen molar-refractivity contribution in [3.63, 3.8) is 0 Å². The van der Waals surface area contributed by atoms with Crippen molar-refractivity contribution in [1.29, 1.82) is 0 Å². The molecule has 2 aromatic carbocycles. The van der Waals surface area contributed by atoms with Crippen molar-refractivity contribution < 1.29 is 52.0 Å². The van der Waals surface area contributed by atoms with E-state index in [0.717, 1.165) is 35.2 Å². The number of nitrogens with zero attached hydrogens (tertiary/aromatic N) is 2. The number of halogens is 2. The number of benzene rings is 2. The molecule has 3 amide bonds. The van der Waals surface area contributed by atoms with Gasteiger partial charge in [0.1, 0.15) is 17.7 Å². The van der Waals surface area contributed by atoms with Crippen molar-refractivity contribution >= 4 is 35.5 Å². The van der Waals surface area contributed by atoms with E-state index in [4.69, 9.17) is 24.7 Å². The van der Waals surface area contributed by atoms with Crippen molar-refractivity contribution in [1.82, 2.24) is 25.4 Å². The highest BCUT2D eigenvalue weighted by Crippen LogP contribution is 2.41. The van der Waals surface area contributed by atoms with E-state index in [2.05, 4.69) is 16.0 Å². The van der Waals surface area contributed by atoms with Crippen LogP contribution in [0.5, 0.6) is 0 Å². The normalized spacial score (nSPS) is 12.5. The molecule has 0 saturated heterocycles. The lowest BCUT2D eigenvalue weighted by Crippen LogP contribution is -2.45. The molecule has 3 rings (SSSR count). The summed E-state index contributed by atoms with van der Waals surface area (Å²) in [4.78, 5) is 52.0. The number of aliphatic carboxylic acids is 1. The molecular weight excluding hydrogens is 827 g/mol. The van der Waals surface area contributed by atoms with Gasteiger partial charge in [0.25, 0.3) is 0 Å². The van der Waals surface area contributed by atoms with Gasteiger partial charge in [-0.2, -0.15) is 0 Å². The molecule has 0 radical (unpaired) electrons. The molecule has 0 saturated carbocycles. The number of nitrogens with two attached hydrogens (primary N) is 1. The number of carboxylic acids is 1. The van der Waals surface area contributed by atoms with Crippen LogP contribution in [0, 0.1) is 17.0 Å². The molecule has 0 bridgehead atoms. The van der Waals surface area contributed by atoms with Gasteiger partial charge in [-0.25, -0.2) is 13.6 Å². The fraction of sp³-hybridized carbons (Fsp3) is 0.545. The van der Waals surface area contributed by atoms with Crippen molar-refractivity contribution in [3.05, 3.63) is 83.7 Å². The van der Waals surface area contributed by atoms with Crippen LogP contribution in [0.2, 0.25) is 0 Å². The summed E-state index contributed by atoms with van der Waals surface area (Å²) >= 11 is 1.11. The first-order chi connectivity index (χ1) is 29.7. The van der Waals surface area contributed by atoms with Gasteiger partial charge in [-0.15, -0.1) is 11.8 Å². The number of thioether (sulfide) groups is 1. The molecular formula is C44H64F2N6O9S. The first-order valence-corrected chi connectivity index (χ1v) is 21.9. The molecule has 1 aromatic heterocycles. The maximum absolute atomic E-state index is 15.2. The lowest BCUT2D eigenvalue weighted by Gasteiger charge is -2.41. The van der Waals surface area contributed by atoms with Crippen molar-refractivity contribution in [2.45, 2.75) is 52.2 Å². The van der Waals surface area contributed by atoms with E-state index in [-0.39, 0.29) is 61.7 Å². The van der Waals surface area contributed by atoms with E-state index in [1.807, 2.05) is 68.8 Å². The largest absolute Gasteiger partial charge is 0.480 e. The second kappa shape index (κ2) is 28.3. The van der Waals surface area contributed by atoms with E-state index < -0.39 is 41.0 Å². The zero-order chi connectivity index (χ0) is 45.3. The summed E-state index contributed by atoms with van der Waals surface area (Å²) in [6.45, 7) is 10.1. The predicted molar refractivity (Wildman–Crippen MR) is 235 cm³/mol. The van der Waals surface area contributed by atoms with Gasteiger partial charge >= 0.3 is 5.97 Å². The number of aromatic nitrogens is 1. The monoisotopic (exact) mass is 890 g/mol. The number of carbonyl (C=O) groups excluding carboxylic acids is 3. The second-order valence-electron chi connectivity index (χ2n) is 15.4. The van der Waals surface area contributed by atoms with Crippen LogP contribution >= 0.6 is 11.8 Å². The lowest BCUT2D eigenvalue weighted by molar-refractivity contribution is -0.141. The van der Waals surface area contributed by atoms with Crippen LogP contribution in [0.1, 0.15) is 50.9 Å². The molecule has 6 N–H and O–H groups in total. The molecule has 2 atom stereocenters. The molecule has 0 aliphatic rings. The second-order valence-corrected chi connectivity index (χ2v) is 16.5. The van der Waals surface area contributed by atoms with E-state index in [1.165, 1.54) is 6.07 Å². The predicted octanol–water partition coefficient (Wildman–Crippen LogP) is 3.84. The van der Waals surface area contributed by atoms with Gasteiger partial charge in [-0.05, 0) is 55.3 Å². The Morgan fingerprint density at radius 2 is 1.52 bits per heavy atom. The van der Waals surface area contributed by atoms with Crippen molar-refractivity contribution in [3.8, 4) is 11.1 Å². The molecule has 344 valence electrons. The molecule has 18 heteroatoms. The van der Waals surface area contributed by atoms with Crippen LogP contribution < -0.4 is 21.7 Å². The highest BCUT2D eigenvalue weighted by atomic mass is 32.2. The third-order valence-corrected chi connectivity index (χ3v) is 10.4. The first-order valence-electron chi connectivity index (χ1n) is 20.8. The van der Waals surface area contributed by atoms with E-state index >= 15 is 4.39 Å². The van der Waals surface area contributed by atoms with Crippen LogP contribution in [0.15, 0.2) is 60.8 Å². The van der Waals surface area contributed by atoms with Crippen LogP contribution in [-0.2, 0) is 44.7 Å². The molecule has 62 heavy (non-hydrogen) atoms. The highest BCUT2D eigenvalue weighted by molar-refractivity contribution is 8.00. The standard InChI is InChI=1S/C44H64F2N6O9S/c1-44(2,3)42(38-25-33(35-26-34(45)11-12-36(35)46)29-51(38)28-32-9-6-5-7-10-32)52(16-8-14-48-4)41(55)31-62-30-37(43(56)57)50-39(53)13-17-58-19-21-60-23-24-61-22-20-59-18-15-49-40(54)27-47/h5-7,9-12,25-26,29,37,42,48H,8,13-24,27-28,30-31,47H2,1-4H3,(H,49,54)(H,50,53)(H,56,57). The molecule has 0 aliphatic carbocycles. The quantitative estimate of drug-likeness (QED) is 0.0587. The summed E-state index contributed by atoms with van der Waals surface area (Å²) in [6, 6.07) is 13.1. The SMILES string of the molecule is CNCCCN(C(=O)CSCC(NC(=O)CCOCCOCCOCCOCCNC(=O)CN)C(=O)O)C(c1cc(-c2cc(F)ccc2F)cn1Cc1ccccc1)C(C)(C)C. The fourth-order valence-electron chi connectivity index (χ4n) is 6.49. The van der Waals surface area contributed by atoms with Gasteiger partial charge in [0, 0.05) is 54.8 Å². The number of nitrogens with one attached hydrogen (secondary N) is 3. The Kier molecular flexibility index (Phi) is 23.7. The number of hydrogen-bond acceptors (Lipinski definition) is 11. The van der Waals surface area contributed by atoms with Gasteiger partial charge in [-0.3, -0.25) is 14.4 Å². The average Bonchev–Trinajstić information content (AvgIpc) is 3.63. The van der Waals surface area contributed by atoms with Crippen molar-refractivity contribution in [2.75, 3.05) is 97.6 Å². The summed E-state index contributed by atoms with van der Waals surface area (Å²) in [7, 11) is 1.83. The Hall–Kier alpha value is -4.43. The lowest BCUT2D eigenvalue weighted by atomic mass is 9.83. The van der Waals surface area contributed by atoms with Crippen LogP contribution in [0.3, 0.4) is 0 Å². The minimum Gasteiger partial charge on any atom is -0.480 e. The van der Waals surface area contributed by atoms with Crippen LogP contribution in [0.25, 0.3) is 11.1 Å². The summed E-state index contributed by atoms with van der Waals surface area (Å²) in [5.41, 5.74) is 6.98. The molecule has 0 fully saturated rings. The Morgan fingerprint density at radius 3 is 2.13 bits per heavy atom. The Labute approximate surface area is 367 Å². The average molecular weight is 891 g/mol. The third-order valence-electron chi connectivity index (χ3n) is 9.41. The molecule has 15 nitrogen and oxygen atoms in total. The number of rotatable bonds is 31. The molecule has 0 aliphatic heterocycles. The summed E-state index contributed by atoms with van der Waals surface area (Å²) in [5.74, 6) is -3.46.